The van der Waals surface area contributed by atoms with Gasteiger partial charge in [0.25, 0.3) is 11.8 Å². The number of hydrogen-bond acceptors (Lipinski definition) is 4. The van der Waals surface area contributed by atoms with Crippen LogP contribution >= 0.6 is 23.4 Å². The lowest BCUT2D eigenvalue weighted by Gasteiger charge is -2.16. The van der Waals surface area contributed by atoms with Crippen LogP contribution in [0.2, 0.25) is 5.02 Å². The summed E-state index contributed by atoms with van der Waals surface area (Å²) >= 11 is 7.57. The van der Waals surface area contributed by atoms with Crippen molar-refractivity contribution in [2.45, 2.75) is 37.3 Å². The summed E-state index contributed by atoms with van der Waals surface area (Å²) in [4.78, 5) is 39.9. The number of hydrogen-bond donors (Lipinski definition) is 3. The van der Waals surface area contributed by atoms with Crippen LogP contribution in [0.15, 0.2) is 102 Å². The molecular weight excluding hydrogens is 585 g/mol. The molecular formula is C34H31ClFN3O3S. The highest BCUT2D eigenvalue weighted by molar-refractivity contribution is 8.00. The van der Waals surface area contributed by atoms with Crippen LogP contribution in [-0.2, 0) is 16.0 Å². The Hall–Kier alpha value is -4.40. The molecule has 220 valence electrons. The molecule has 0 aromatic heterocycles. The van der Waals surface area contributed by atoms with Crippen molar-refractivity contribution in [3.8, 4) is 0 Å². The molecule has 0 bridgehead atoms. The largest absolute Gasteiger partial charge is 0.325 e. The van der Waals surface area contributed by atoms with Crippen molar-refractivity contribution in [3.63, 3.8) is 0 Å². The number of thioether (sulfide) groups is 1. The van der Waals surface area contributed by atoms with Gasteiger partial charge in [0.1, 0.15) is 11.5 Å². The van der Waals surface area contributed by atoms with Gasteiger partial charge in [-0.3, -0.25) is 14.4 Å². The highest BCUT2D eigenvalue weighted by atomic mass is 35.5. The summed E-state index contributed by atoms with van der Waals surface area (Å²) in [6.07, 6.45) is 2.02. The van der Waals surface area contributed by atoms with Crippen molar-refractivity contribution >= 4 is 58.5 Å². The fourth-order valence-corrected chi connectivity index (χ4v) is 5.32. The minimum Gasteiger partial charge on any atom is -0.325 e. The van der Waals surface area contributed by atoms with E-state index in [0.29, 0.717) is 11.3 Å². The number of aryl methyl sites for hydroxylation is 2. The third-order valence-corrected chi connectivity index (χ3v) is 8.04. The standard InChI is InChI=1S/C34H31ClFN3O3S/c1-4-23-13-8-10-21(2)31(23)39-32(40)22(3)43-26-18-16-25(17-19-26)37-34(42)30(20-27-28(35)14-9-15-29(27)36)38-33(41)24-11-6-5-7-12-24/h5-20,22H,4H2,1-3H3,(H,37,42)(H,38,41)(H,39,40)/b30-20-. The maximum atomic E-state index is 14.5. The molecule has 6 nitrogen and oxygen atoms in total. The van der Waals surface area contributed by atoms with Crippen molar-refractivity contribution in [2.24, 2.45) is 0 Å². The van der Waals surface area contributed by atoms with Crippen molar-refractivity contribution in [3.05, 3.63) is 130 Å². The van der Waals surface area contributed by atoms with Gasteiger partial charge in [-0.15, -0.1) is 11.8 Å². The van der Waals surface area contributed by atoms with E-state index >= 15 is 0 Å². The van der Waals surface area contributed by atoms with Crippen molar-refractivity contribution < 1.29 is 18.8 Å². The molecule has 0 saturated heterocycles. The summed E-state index contributed by atoms with van der Waals surface area (Å²) in [5.74, 6) is -1.95. The van der Waals surface area contributed by atoms with Crippen molar-refractivity contribution in [2.75, 3.05) is 10.6 Å². The second kappa shape index (κ2) is 14.7. The molecule has 1 atom stereocenters. The van der Waals surface area contributed by atoms with Gasteiger partial charge in [0, 0.05) is 27.4 Å². The fourth-order valence-electron chi connectivity index (χ4n) is 4.24. The minimum atomic E-state index is -0.665. The Balaban J connectivity index is 1.47. The Morgan fingerprint density at radius 2 is 1.60 bits per heavy atom. The molecule has 43 heavy (non-hydrogen) atoms. The summed E-state index contributed by atoms with van der Waals surface area (Å²) < 4.78 is 14.5. The van der Waals surface area contributed by atoms with Gasteiger partial charge in [0.15, 0.2) is 0 Å². The first-order valence-electron chi connectivity index (χ1n) is 13.7. The fraction of sp³-hybridized carbons (Fsp3) is 0.147. The normalized spacial score (nSPS) is 11.9. The molecule has 0 radical (unpaired) electrons. The average Bonchev–Trinajstić information content (AvgIpc) is 3.00. The van der Waals surface area contributed by atoms with E-state index < -0.39 is 17.6 Å². The Morgan fingerprint density at radius 1 is 0.907 bits per heavy atom. The molecule has 9 heteroatoms. The van der Waals surface area contributed by atoms with E-state index in [0.717, 1.165) is 28.1 Å². The first-order valence-corrected chi connectivity index (χ1v) is 14.9. The van der Waals surface area contributed by atoms with Crippen LogP contribution in [-0.4, -0.2) is 23.0 Å². The number of amides is 3. The zero-order chi connectivity index (χ0) is 30.9. The number of halogens is 2. The van der Waals surface area contributed by atoms with Gasteiger partial charge in [0.2, 0.25) is 5.91 Å². The first kappa shape index (κ1) is 31.5. The summed E-state index contributed by atoms with van der Waals surface area (Å²) in [6.45, 7) is 5.85. The second-order valence-electron chi connectivity index (χ2n) is 9.70. The van der Waals surface area contributed by atoms with Gasteiger partial charge in [0.05, 0.1) is 10.3 Å². The summed E-state index contributed by atoms with van der Waals surface area (Å²) in [5.41, 5.74) is 3.49. The third-order valence-electron chi connectivity index (χ3n) is 6.60. The Morgan fingerprint density at radius 3 is 2.28 bits per heavy atom. The zero-order valence-corrected chi connectivity index (χ0v) is 25.5. The van der Waals surface area contributed by atoms with E-state index in [1.54, 1.807) is 54.6 Å². The van der Waals surface area contributed by atoms with E-state index in [1.807, 2.05) is 39.0 Å². The highest BCUT2D eigenvalue weighted by Gasteiger charge is 2.19. The van der Waals surface area contributed by atoms with E-state index in [4.69, 9.17) is 11.6 Å². The van der Waals surface area contributed by atoms with E-state index in [1.165, 1.54) is 36.0 Å². The lowest BCUT2D eigenvalue weighted by molar-refractivity contribution is -0.115. The van der Waals surface area contributed by atoms with Gasteiger partial charge in [-0.05, 0) is 86.0 Å². The topological polar surface area (TPSA) is 87.3 Å². The molecule has 0 saturated carbocycles. The molecule has 0 heterocycles. The lowest BCUT2D eigenvalue weighted by Crippen LogP contribution is -2.30. The van der Waals surface area contributed by atoms with Crippen LogP contribution in [0.25, 0.3) is 6.08 Å². The molecule has 0 aliphatic heterocycles. The second-order valence-corrected chi connectivity index (χ2v) is 11.5. The predicted octanol–water partition coefficient (Wildman–Crippen LogP) is 7.88. The van der Waals surface area contributed by atoms with Crippen molar-refractivity contribution in [1.82, 2.24) is 5.32 Å². The minimum absolute atomic E-state index is 0.0292. The predicted molar refractivity (Wildman–Crippen MR) is 173 cm³/mol. The number of rotatable bonds is 10. The Labute approximate surface area is 259 Å². The highest BCUT2D eigenvalue weighted by Crippen LogP contribution is 2.28. The van der Waals surface area contributed by atoms with E-state index in [-0.39, 0.29) is 27.4 Å². The van der Waals surface area contributed by atoms with E-state index in [2.05, 4.69) is 16.0 Å². The van der Waals surface area contributed by atoms with Crippen LogP contribution in [0.4, 0.5) is 15.8 Å². The number of para-hydroxylation sites is 1. The lowest BCUT2D eigenvalue weighted by atomic mass is 10.1. The molecule has 3 N–H and O–H groups in total. The van der Waals surface area contributed by atoms with Gasteiger partial charge in [-0.2, -0.15) is 0 Å². The van der Waals surface area contributed by atoms with Crippen LogP contribution in [0, 0.1) is 12.7 Å². The number of carbonyl (C=O) groups excluding carboxylic acids is 3. The third kappa shape index (κ3) is 8.34. The molecule has 0 fully saturated rings. The smallest absolute Gasteiger partial charge is 0.272 e. The maximum absolute atomic E-state index is 14.5. The van der Waals surface area contributed by atoms with Gasteiger partial charge in [-0.25, -0.2) is 4.39 Å². The molecule has 0 aliphatic rings. The molecule has 4 aromatic rings. The number of benzene rings is 4. The van der Waals surface area contributed by atoms with Crippen molar-refractivity contribution in [1.29, 1.82) is 0 Å². The molecule has 4 rings (SSSR count). The number of carbonyl (C=O) groups is 3. The Kier molecular flexibility index (Phi) is 10.8. The molecule has 1 unspecified atom stereocenters. The van der Waals surface area contributed by atoms with Gasteiger partial charge >= 0.3 is 0 Å². The first-order chi connectivity index (χ1) is 20.7. The molecule has 0 spiro atoms. The van der Waals surface area contributed by atoms with Crippen LogP contribution in [0.1, 0.15) is 40.9 Å². The summed E-state index contributed by atoms with van der Waals surface area (Å²) in [7, 11) is 0. The Bertz CT molecular complexity index is 1640. The monoisotopic (exact) mass is 615 g/mol. The quantitative estimate of drug-likeness (QED) is 0.125. The zero-order valence-electron chi connectivity index (χ0n) is 23.9. The van der Waals surface area contributed by atoms with Gasteiger partial charge < -0.3 is 16.0 Å². The van der Waals surface area contributed by atoms with E-state index in [9.17, 15) is 18.8 Å². The number of anilines is 2. The number of nitrogens with one attached hydrogen (secondary N) is 3. The van der Waals surface area contributed by atoms with Crippen LogP contribution in [0.3, 0.4) is 0 Å². The SMILES string of the molecule is CCc1cccc(C)c1NC(=O)C(C)Sc1ccc(NC(=O)/C(=C/c2c(F)cccc2Cl)NC(=O)c2ccccc2)cc1. The van der Waals surface area contributed by atoms with Crippen LogP contribution < -0.4 is 16.0 Å². The molecule has 0 aliphatic carbocycles. The molecule has 4 aromatic carbocycles. The molecule has 3 amide bonds. The average molecular weight is 616 g/mol. The maximum Gasteiger partial charge on any atom is 0.272 e. The van der Waals surface area contributed by atoms with Crippen LogP contribution in [0.5, 0.6) is 0 Å². The summed E-state index contributed by atoms with van der Waals surface area (Å²) in [6, 6.07) is 25.4. The summed E-state index contributed by atoms with van der Waals surface area (Å²) in [5, 5.41) is 8.09. The van der Waals surface area contributed by atoms with Gasteiger partial charge in [-0.1, -0.05) is 61.0 Å².